The number of Topliss-reactive ketones (excluding diaryl/α,β-unsaturated/α-hetero) is 1. The highest BCUT2D eigenvalue weighted by molar-refractivity contribution is 5.94. The SMILES string of the molecule is CC(=O)c1ccc(C(C)CCO)cc1. The zero-order valence-corrected chi connectivity index (χ0v) is 8.66. The van der Waals surface area contributed by atoms with E-state index < -0.39 is 0 Å². The largest absolute Gasteiger partial charge is 0.396 e. The molecule has 1 aromatic rings. The first-order chi connectivity index (χ1) is 6.65. The van der Waals surface area contributed by atoms with E-state index in [1.807, 2.05) is 24.3 Å². The second-order valence-corrected chi connectivity index (χ2v) is 3.59. The van der Waals surface area contributed by atoms with Crippen LogP contribution in [0.5, 0.6) is 0 Å². The fraction of sp³-hybridized carbons (Fsp3) is 0.417. The van der Waals surface area contributed by atoms with Crippen LogP contribution in [0.3, 0.4) is 0 Å². The lowest BCUT2D eigenvalue weighted by Gasteiger charge is -2.09. The molecule has 0 saturated carbocycles. The van der Waals surface area contributed by atoms with Crippen LogP contribution in [0.2, 0.25) is 0 Å². The standard InChI is InChI=1S/C12H16O2/c1-9(7-8-13)11-3-5-12(6-4-11)10(2)14/h3-6,9,13H,7-8H2,1-2H3. The first-order valence-electron chi connectivity index (χ1n) is 4.87. The molecule has 0 spiro atoms. The van der Waals surface area contributed by atoms with Crippen molar-refractivity contribution in [1.29, 1.82) is 0 Å². The first kappa shape index (κ1) is 10.9. The van der Waals surface area contributed by atoms with Crippen molar-refractivity contribution in [2.24, 2.45) is 0 Å². The van der Waals surface area contributed by atoms with Gasteiger partial charge in [-0.15, -0.1) is 0 Å². The Labute approximate surface area is 84.6 Å². The molecule has 1 aromatic carbocycles. The van der Waals surface area contributed by atoms with E-state index in [-0.39, 0.29) is 12.4 Å². The van der Waals surface area contributed by atoms with Crippen molar-refractivity contribution in [2.45, 2.75) is 26.2 Å². The monoisotopic (exact) mass is 192 g/mol. The molecule has 1 rings (SSSR count). The van der Waals surface area contributed by atoms with E-state index in [0.29, 0.717) is 5.92 Å². The summed E-state index contributed by atoms with van der Waals surface area (Å²) >= 11 is 0. The van der Waals surface area contributed by atoms with Gasteiger partial charge in [0.2, 0.25) is 0 Å². The van der Waals surface area contributed by atoms with Gasteiger partial charge in [-0.1, -0.05) is 31.2 Å². The van der Waals surface area contributed by atoms with Crippen LogP contribution in [0.25, 0.3) is 0 Å². The molecule has 0 saturated heterocycles. The predicted molar refractivity (Wildman–Crippen MR) is 56.6 cm³/mol. The molecule has 0 aromatic heterocycles. The molecule has 0 radical (unpaired) electrons. The third kappa shape index (κ3) is 2.67. The lowest BCUT2D eigenvalue weighted by Crippen LogP contribution is -1.98. The third-order valence-electron chi connectivity index (χ3n) is 2.45. The summed E-state index contributed by atoms with van der Waals surface area (Å²) in [6.07, 6.45) is 0.763. The minimum atomic E-state index is 0.0892. The van der Waals surface area contributed by atoms with Crippen LogP contribution >= 0.6 is 0 Å². The molecular formula is C12H16O2. The second kappa shape index (κ2) is 4.91. The summed E-state index contributed by atoms with van der Waals surface area (Å²) in [5.41, 5.74) is 1.91. The molecule has 0 aliphatic heterocycles. The summed E-state index contributed by atoms with van der Waals surface area (Å²) in [5.74, 6) is 0.437. The Morgan fingerprint density at radius 2 is 1.93 bits per heavy atom. The molecule has 0 aliphatic rings. The van der Waals surface area contributed by atoms with Crippen molar-refractivity contribution in [1.82, 2.24) is 0 Å². The van der Waals surface area contributed by atoms with Gasteiger partial charge in [-0.05, 0) is 24.8 Å². The van der Waals surface area contributed by atoms with Crippen molar-refractivity contribution >= 4 is 5.78 Å². The number of carbonyl (C=O) groups is 1. The molecule has 1 unspecified atom stereocenters. The van der Waals surface area contributed by atoms with Gasteiger partial charge >= 0.3 is 0 Å². The number of ketones is 1. The van der Waals surface area contributed by atoms with Gasteiger partial charge in [0.05, 0.1) is 0 Å². The molecule has 2 heteroatoms. The zero-order chi connectivity index (χ0) is 10.6. The molecular weight excluding hydrogens is 176 g/mol. The van der Waals surface area contributed by atoms with Gasteiger partial charge in [-0.25, -0.2) is 0 Å². The predicted octanol–water partition coefficient (Wildman–Crippen LogP) is 2.38. The van der Waals surface area contributed by atoms with Gasteiger partial charge < -0.3 is 5.11 Å². The summed E-state index contributed by atoms with van der Waals surface area (Å²) in [4.78, 5) is 11.0. The number of benzene rings is 1. The lowest BCUT2D eigenvalue weighted by molar-refractivity contribution is 0.101. The van der Waals surface area contributed by atoms with Crippen LogP contribution in [0.15, 0.2) is 24.3 Å². The van der Waals surface area contributed by atoms with Gasteiger partial charge in [-0.2, -0.15) is 0 Å². The Kier molecular flexibility index (Phi) is 3.84. The summed E-state index contributed by atoms with van der Waals surface area (Å²) in [6, 6.07) is 7.59. The van der Waals surface area contributed by atoms with Crippen LogP contribution in [0.4, 0.5) is 0 Å². The highest BCUT2D eigenvalue weighted by Gasteiger charge is 2.05. The number of aliphatic hydroxyl groups excluding tert-OH is 1. The minimum Gasteiger partial charge on any atom is -0.396 e. The number of hydrogen-bond acceptors (Lipinski definition) is 2. The van der Waals surface area contributed by atoms with E-state index in [0.717, 1.165) is 12.0 Å². The first-order valence-corrected chi connectivity index (χ1v) is 4.87. The molecule has 0 aliphatic carbocycles. The van der Waals surface area contributed by atoms with Crippen molar-refractivity contribution < 1.29 is 9.90 Å². The molecule has 76 valence electrons. The number of carbonyl (C=O) groups excluding carboxylic acids is 1. The minimum absolute atomic E-state index is 0.0892. The summed E-state index contributed by atoms with van der Waals surface area (Å²) < 4.78 is 0. The Morgan fingerprint density at radius 3 is 2.36 bits per heavy atom. The third-order valence-corrected chi connectivity index (χ3v) is 2.45. The fourth-order valence-electron chi connectivity index (χ4n) is 1.41. The fourth-order valence-corrected chi connectivity index (χ4v) is 1.41. The van der Waals surface area contributed by atoms with Crippen LogP contribution in [-0.4, -0.2) is 17.5 Å². The zero-order valence-electron chi connectivity index (χ0n) is 8.66. The van der Waals surface area contributed by atoms with Gasteiger partial charge in [0.25, 0.3) is 0 Å². The van der Waals surface area contributed by atoms with Crippen LogP contribution in [-0.2, 0) is 0 Å². The maximum absolute atomic E-state index is 11.0. The van der Waals surface area contributed by atoms with Crippen LogP contribution in [0, 0.1) is 0 Å². The van der Waals surface area contributed by atoms with Crippen molar-refractivity contribution in [3.8, 4) is 0 Å². The highest BCUT2D eigenvalue weighted by Crippen LogP contribution is 2.18. The molecule has 14 heavy (non-hydrogen) atoms. The van der Waals surface area contributed by atoms with Gasteiger partial charge in [0.15, 0.2) is 5.78 Å². The van der Waals surface area contributed by atoms with E-state index >= 15 is 0 Å². The second-order valence-electron chi connectivity index (χ2n) is 3.59. The topological polar surface area (TPSA) is 37.3 Å². The normalized spacial score (nSPS) is 12.5. The maximum atomic E-state index is 11.0. The van der Waals surface area contributed by atoms with Crippen LogP contribution in [0.1, 0.15) is 42.1 Å². The average Bonchev–Trinajstić information content (AvgIpc) is 2.18. The molecule has 0 bridgehead atoms. The van der Waals surface area contributed by atoms with E-state index in [2.05, 4.69) is 6.92 Å². The lowest BCUT2D eigenvalue weighted by atomic mass is 9.97. The number of hydrogen-bond donors (Lipinski definition) is 1. The molecule has 0 amide bonds. The number of rotatable bonds is 4. The molecule has 2 nitrogen and oxygen atoms in total. The van der Waals surface area contributed by atoms with Gasteiger partial charge in [0, 0.05) is 12.2 Å². The van der Waals surface area contributed by atoms with Crippen molar-refractivity contribution in [3.63, 3.8) is 0 Å². The highest BCUT2D eigenvalue weighted by atomic mass is 16.3. The van der Waals surface area contributed by atoms with E-state index in [4.69, 9.17) is 5.11 Å². The van der Waals surface area contributed by atoms with E-state index in [9.17, 15) is 4.79 Å². The molecule has 1 atom stereocenters. The van der Waals surface area contributed by atoms with Crippen LogP contribution < -0.4 is 0 Å². The maximum Gasteiger partial charge on any atom is 0.159 e. The smallest absolute Gasteiger partial charge is 0.159 e. The summed E-state index contributed by atoms with van der Waals surface area (Å²) in [6.45, 7) is 3.83. The van der Waals surface area contributed by atoms with Crippen molar-refractivity contribution in [2.75, 3.05) is 6.61 Å². The Morgan fingerprint density at radius 1 is 1.36 bits per heavy atom. The van der Waals surface area contributed by atoms with E-state index in [1.54, 1.807) is 6.92 Å². The molecule has 0 fully saturated rings. The Balaban J connectivity index is 2.77. The quantitative estimate of drug-likeness (QED) is 0.744. The Bertz CT molecular complexity index is 301. The van der Waals surface area contributed by atoms with Crippen molar-refractivity contribution in [3.05, 3.63) is 35.4 Å². The molecule has 1 N–H and O–H groups in total. The van der Waals surface area contributed by atoms with Gasteiger partial charge in [0.1, 0.15) is 0 Å². The van der Waals surface area contributed by atoms with E-state index in [1.165, 1.54) is 5.56 Å². The summed E-state index contributed by atoms with van der Waals surface area (Å²) in [7, 11) is 0. The number of aliphatic hydroxyl groups is 1. The molecule has 0 heterocycles. The Hall–Kier alpha value is -1.15. The average molecular weight is 192 g/mol. The summed E-state index contributed by atoms with van der Waals surface area (Å²) in [5, 5.41) is 8.79. The van der Waals surface area contributed by atoms with Gasteiger partial charge in [-0.3, -0.25) is 4.79 Å².